The summed E-state index contributed by atoms with van der Waals surface area (Å²) < 4.78 is 0. The van der Waals surface area contributed by atoms with Gasteiger partial charge in [-0.2, -0.15) is 0 Å². The average Bonchev–Trinajstić information content (AvgIpc) is 1.52. The van der Waals surface area contributed by atoms with Crippen LogP contribution in [0.1, 0.15) is 301 Å². The van der Waals surface area contributed by atoms with Crippen molar-refractivity contribution in [3.8, 4) is 55.6 Å². The number of fused-ring (bicyclic) bond motifs is 9. The maximum atomic E-state index is 2.64. The third-order valence-electron chi connectivity index (χ3n) is 25.0. The van der Waals surface area contributed by atoms with Crippen molar-refractivity contribution < 1.29 is 0 Å². The van der Waals surface area contributed by atoms with Gasteiger partial charge in [0, 0.05) is 27.9 Å². The second-order valence-corrected chi connectivity index (χ2v) is 32.2. The summed E-state index contributed by atoms with van der Waals surface area (Å²) in [4.78, 5) is 2.53. The van der Waals surface area contributed by atoms with Gasteiger partial charge in [-0.1, -0.05) is 389 Å². The Morgan fingerprint density at radius 1 is 0.240 bits per heavy atom. The molecule has 0 radical (unpaired) electrons. The molecule has 0 bridgehead atoms. The Morgan fingerprint density at radius 3 is 0.923 bits per heavy atom. The Balaban J connectivity index is 0.894. The summed E-state index contributed by atoms with van der Waals surface area (Å²) in [5.74, 6) is 0. The summed E-state index contributed by atoms with van der Waals surface area (Å²) in [5, 5.41) is 0. The van der Waals surface area contributed by atoms with E-state index in [-0.39, 0.29) is 10.8 Å². The molecular formula is C103H123N. The zero-order valence-corrected chi connectivity index (χ0v) is 65.1. The van der Waals surface area contributed by atoms with Gasteiger partial charge >= 0.3 is 0 Å². The highest BCUT2D eigenvalue weighted by Crippen LogP contribution is 2.59. The molecular weight excluding hydrogens is 1250 g/mol. The van der Waals surface area contributed by atoms with Gasteiger partial charge in [-0.05, 0) is 207 Å². The predicted octanol–water partition coefficient (Wildman–Crippen LogP) is 31.1. The monoisotopic (exact) mass is 1370 g/mol. The predicted molar refractivity (Wildman–Crippen MR) is 451 cm³/mol. The molecule has 1 heteroatoms. The standard InChI is InChI=1S/C103H123N/c1-8-13-18-23-27-36-69-101(70-37-28-24-19-14-9-2)95-43-34-32-41-89(95)91-67-53-82(75-97(91)101)80-49-59-86(60-50-80)104(88-63-57-85(58-64-88)103(84-55-47-79(48-56-84)40-31-22-17-12-5)99-73-77(6)45-65-93(99)94-66-46-78(7)74-100(94)103)87-61-51-81(52-62-87)83-54-68-92-90-42-33-35-44-96(90)102(98(92)76-83,71-38-29-25-20-15-10-3)72-39-30-26-21-16-11-4/h32-35,41-68,73-76H,8-31,36-40,69-72H2,1-7H3. The number of hydrogen-bond acceptors (Lipinski definition) is 1. The van der Waals surface area contributed by atoms with Gasteiger partial charge in [-0.3, -0.25) is 0 Å². The molecule has 0 unspecified atom stereocenters. The maximum Gasteiger partial charge on any atom is 0.0713 e. The van der Waals surface area contributed by atoms with Gasteiger partial charge in [-0.15, -0.1) is 0 Å². The molecule has 0 amide bonds. The van der Waals surface area contributed by atoms with E-state index in [4.69, 9.17) is 0 Å². The molecule has 0 saturated heterocycles. The molecule has 3 aliphatic carbocycles. The largest absolute Gasteiger partial charge is 0.311 e. The van der Waals surface area contributed by atoms with Gasteiger partial charge in [0.05, 0.1) is 5.41 Å². The molecule has 0 saturated carbocycles. The van der Waals surface area contributed by atoms with E-state index in [1.165, 1.54) is 300 Å². The van der Waals surface area contributed by atoms with Crippen LogP contribution in [-0.2, 0) is 22.7 Å². The molecule has 10 aromatic carbocycles. The quantitative estimate of drug-likeness (QED) is 0.0346. The summed E-state index contributed by atoms with van der Waals surface area (Å²) in [7, 11) is 0. The van der Waals surface area contributed by atoms with Crippen molar-refractivity contribution in [2.75, 3.05) is 4.90 Å². The van der Waals surface area contributed by atoms with Gasteiger partial charge in [0.25, 0.3) is 0 Å². The van der Waals surface area contributed by atoms with E-state index in [1.807, 2.05) is 0 Å². The summed E-state index contributed by atoms with van der Waals surface area (Å²) in [6, 6.07) is 87.5. The van der Waals surface area contributed by atoms with Crippen LogP contribution in [0.25, 0.3) is 55.6 Å². The lowest BCUT2D eigenvalue weighted by Gasteiger charge is -2.35. The molecule has 0 fully saturated rings. The van der Waals surface area contributed by atoms with Crippen LogP contribution in [-0.4, -0.2) is 0 Å². The van der Waals surface area contributed by atoms with Crippen LogP contribution in [0.3, 0.4) is 0 Å². The number of nitrogens with zero attached hydrogens (tertiary/aromatic N) is 1. The van der Waals surface area contributed by atoms with E-state index >= 15 is 0 Å². The Morgan fingerprint density at radius 2 is 0.538 bits per heavy atom. The Labute approximate surface area is 629 Å². The van der Waals surface area contributed by atoms with Gasteiger partial charge in [-0.25, -0.2) is 0 Å². The Kier molecular flexibility index (Phi) is 25.3. The summed E-state index contributed by atoms with van der Waals surface area (Å²) in [6.07, 6.45) is 42.8. The van der Waals surface area contributed by atoms with Crippen molar-refractivity contribution >= 4 is 17.1 Å². The Hall–Kier alpha value is -8.00. The van der Waals surface area contributed by atoms with Crippen LogP contribution in [0.2, 0.25) is 0 Å². The molecule has 10 aromatic rings. The van der Waals surface area contributed by atoms with Crippen LogP contribution in [0.4, 0.5) is 17.1 Å². The molecule has 1 nitrogen and oxygen atoms in total. The van der Waals surface area contributed by atoms with Crippen molar-refractivity contribution in [1.82, 2.24) is 0 Å². The van der Waals surface area contributed by atoms with E-state index < -0.39 is 5.41 Å². The molecule has 0 N–H and O–H groups in total. The minimum atomic E-state index is -0.508. The SMILES string of the molecule is CCCCCCCCC1(CCCCCCCC)c2ccccc2-c2ccc(-c3ccc(N(c4ccc(-c5ccc6c(c5)C(CCCCCCCC)(CCCCCCCC)c5ccccc5-6)cc4)c4ccc(C5(c6ccc(CCCCCC)cc6)c6cc(C)ccc6-c6ccc(C)cc65)cc4)cc3)cc21. The minimum absolute atomic E-state index is 0.0256. The third-order valence-corrected chi connectivity index (χ3v) is 25.0. The summed E-state index contributed by atoms with van der Waals surface area (Å²) >= 11 is 0. The lowest BCUT2D eigenvalue weighted by Crippen LogP contribution is -2.29. The average molecular weight is 1380 g/mol. The van der Waals surface area contributed by atoms with Crippen molar-refractivity contribution in [2.24, 2.45) is 0 Å². The number of anilines is 3. The number of hydrogen-bond donors (Lipinski definition) is 0. The maximum absolute atomic E-state index is 2.64. The van der Waals surface area contributed by atoms with Crippen LogP contribution >= 0.6 is 0 Å². The normalized spacial score (nSPS) is 13.9. The van der Waals surface area contributed by atoms with Crippen molar-refractivity contribution in [1.29, 1.82) is 0 Å². The highest BCUT2D eigenvalue weighted by Gasteiger charge is 2.47. The van der Waals surface area contributed by atoms with E-state index in [0.717, 1.165) is 23.5 Å². The van der Waals surface area contributed by atoms with Crippen molar-refractivity contribution in [3.05, 3.63) is 280 Å². The van der Waals surface area contributed by atoms with E-state index in [1.54, 1.807) is 22.3 Å². The number of aryl methyl sites for hydroxylation is 3. The van der Waals surface area contributed by atoms with Gasteiger partial charge in [0.1, 0.15) is 0 Å². The van der Waals surface area contributed by atoms with E-state index in [0.29, 0.717) is 0 Å². The lowest BCUT2D eigenvalue weighted by molar-refractivity contribution is 0.398. The van der Waals surface area contributed by atoms with Gasteiger partial charge in [0.15, 0.2) is 0 Å². The zero-order valence-electron chi connectivity index (χ0n) is 65.1. The fourth-order valence-electron chi connectivity index (χ4n) is 19.4. The van der Waals surface area contributed by atoms with Crippen molar-refractivity contribution in [2.45, 2.75) is 277 Å². The second kappa shape index (κ2) is 35.4. The fourth-order valence-corrected chi connectivity index (χ4v) is 19.4. The minimum Gasteiger partial charge on any atom is -0.311 e. The highest BCUT2D eigenvalue weighted by molar-refractivity contribution is 5.90. The first-order chi connectivity index (χ1) is 51.2. The fraction of sp³-hybridized carbons (Fsp3) is 0.417. The Bertz CT molecular complexity index is 4120. The molecule has 13 rings (SSSR count). The first kappa shape index (κ1) is 74.3. The third kappa shape index (κ3) is 15.6. The van der Waals surface area contributed by atoms with Crippen LogP contribution in [0, 0.1) is 13.8 Å². The smallest absolute Gasteiger partial charge is 0.0713 e. The molecule has 540 valence electrons. The summed E-state index contributed by atoms with van der Waals surface area (Å²) in [5.41, 5.74) is 32.3. The first-order valence-electron chi connectivity index (χ1n) is 42.1. The molecule has 0 atom stereocenters. The molecule has 0 aromatic heterocycles. The number of benzene rings is 10. The molecule has 104 heavy (non-hydrogen) atoms. The molecule has 0 aliphatic heterocycles. The first-order valence-corrected chi connectivity index (χ1v) is 42.1. The van der Waals surface area contributed by atoms with Crippen LogP contribution in [0.5, 0.6) is 0 Å². The van der Waals surface area contributed by atoms with Gasteiger partial charge in [0.2, 0.25) is 0 Å². The van der Waals surface area contributed by atoms with E-state index in [2.05, 4.69) is 272 Å². The number of rotatable bonds is 40. The van der Waals surface area contributed by atoms with Gasteiger partial charge < -0.3 is 4.90 Å². The molecule has 3 aliphatic rings. The van der Waals surface area contributed by atoms with Crippen LogP contribution in [0.15, 0.2) is 218 Å². The van der Waals surface area contributed by atoms with Crippen molar-refractivity contribution in [3.63, 3.8) is 0 Å². The summed E-state index contributed by atoms with van der Waals surface area (Å²) in [6.45, 7) is 16.2. The highest BCUT2D eigenvalue weighted by atomic mass is 15.1. The number of unbranched alkanes of at least 4 members (excludes halogenated alkanes) is 23. The molecule has 0 spiro atoms. The lowest BCUT2D eigenvalue weighted by atomic mass is 9.67. The topological polar surface area (TPSA) is 3.24 Å². The second-order valence-electron chi connectivity index (χ2n) is 32.2. The van der Waals surface area contributed by atoms with Crippen LogP contribution < -0.4 is 4.90 Å². The molecule has 0 heterocycles. The van der Waals surface area contributed by atoms with E-state index in [9.17, 15) is 0 Å². The zero-order chi connectivity index (χ0) is 71.7.